The van der Waals surface area contributed by atoms with Gasteiger partial charge in [0.05, 0.1) is 10.7 Å². The second kappa shape index (κ2) is 7.23. The van der Waals surface area contributed by atoms with Crippen LogP contribution in [0.2, 0.25) is 10.0 Å². The maximum absolute atomic E-state index is 12.2. The molecule has 2 rings (SSSR count). The van der Waals surface area contributed by atoms with Crippen LogP contribution in [0, 0.1) is 13.8 Å². The van der Waals surface area contributed by atoms with E-state index in [4.69, 9.17) is 27.9 Å². The lowest BCUT2D eigenvalue weighted by Crippen LogP contribution is -2.36. The molecule has 7 heteroatoms. The first-order valence-electron chi connectivity index (χ1n) is 7.18. The summed E-state index contributed by atoms with van der Waals surface area (Å²) in [6.07, 6.45) is -0.675. The lowest BCUT2D eigenvalue weighted by molar-refractivity contribution is -0.127. The highest BCUT2D eigenvalue weighted by Gasteiger charge is 2.17. The monoisotopic (exact) mass is 355 g/mol. The molecule has 0 unspecified atom stereocenters. The van der Waals surface area contributed by atoms with Crippen LogP contribution in [0.5, 0.6) is 5.75 Å². The average molecular weight is 356 g/mol. The lowest BCUT2D eigenvalue weighted by Gasteiger charge is -2.16. The third-order valence-corrected chi connectivity index (χ3v) is 4.20. The molecular weight excluding hydrogens is 337 g/mol. The molecule has 1 aromatic carbocycles. The smallest absolute Gasteiger partial charge is 0.261 e. The molecule has 0 saturated carbocycles. The van der Waals surface area contributed by atoms with Crippen LogP contribution in [-0.2, 0) is 18.4 Å². The number of hydrogen-bond donors (Lipinski definition) is 1. The number of rotatable bonds is 5. The van der Waals surface area contributed by atoms with Crippen LogP contribution in [-0.4, -0.2) is 21.8 Å². The van der Waals surface area contributed by atoms with Crippen molar-refractivity contribution in [1.82, 2.24) is 15.1 Å². The highest BCUT2D eigenvalue weighted by molar-refractivity contribution is 6.35. The van der Waals surface area contributed by atoms with Gasteiger partial charge in [-0.25, -0.2) is 0 Å². The second-order valence-electron chi connectivity index (χ2n) is 5.33. The van der Waals surface area contributed by atoms with Crippen LogP contribution >= 0.6 is 23.2 Å². The van der Waals surface area contributed by atoms with E-state index in [-0.39, 0.29) is 5.91 Å². The van der Waals surface area contributed by atoms with Crippen molar-refractivity contribution in [2.75, 3.05) is 0 Å². The molecule has 124 valence electrons. The summed E-state index contributed by atoms with van der Waals surface area (Å²) in [4.78, 5) is 12.2. The molecule has 1 N–H and O–H groups in total. The lowest BCUT2D eigenvalue weighted by atomic mass is 10.2. The standard InChI is InChI=1S/C16H19Cl2N3O2/c1-9-13(10(2)21(4)20-9)8-19-16(22)11(3)23-15-6-5-12(17)7-14(15)18/h5-7,11H,8H2,1-4H3,(H,19,22)/t11-/m0/s1. The molecule has 0 aliphatic rings. The number of ether oxygens (including phenoxy) is 1. The Morgan fingerprint density at radius 1 is 1.39 bits per heavy atom. The predicted octanol–water partition coefficient (Wildman–Crippen LogP) is 3.43. The molecule has 1 amide bonds. The number of carbonyl (C=O) groups is 1. The number of halogens is 2. The number of aryl methyl sites for hydroxylation is 2. The minimum atomic E-state index is -0.675. The van der Waals surface area contributed by atoms with Gasteiger partial charge in [-0.05, 0) is 39.0 Å². The summed E-state index contributed by atoms with van der Waals surface area (Å²) in [6.45, 7) is 5.96. The number of aromatic nitrogens is 2. The van der Waals surface area contributed by atoms with Crippen molar-refractivity contribution in [3.8, 4) is 5.75 Å². The number of benzene rings is 1. The second-order valence-corrected chi connectivity index (χ2v) is 6.17. The highest BCUT2D eigenvalue weighted by atomic mass is 35.5. The number of amides is 1. The first-order valence-corrected chi connectivity index (χ1v) is 7.93. The molecule has 0 spiro atoms. The van der Waals surface area contributed by atoms with Crippen molar-refractivity contribution in [2.45, 2.75) is 33.4 Å². The van der Waals surface area contributed by atoms with Gasteiger partial charge >= 0.3 is 0 Å². The maximum Gasteiger partial charge on any atom is 0.261 e. The van der Waals surface area contributed by atoms with Crippen LogP contribution in [0.1, 0.15) is 23.9 Å². The molecule has 0 radical (unpaired) electrons. The SMILES string of the molecule is Cc1nn(C)c(C)c1CNC(=O)[C@H](C)Oc1ccc(Cl)cc1Cl. The minimum absolute atomic E-state index is 0.223. The first-order chi connectivity index (χ1) is 10.8. The molecule has 23 heavy (non-hydrogen) atoms. The number of nitrogens with one attached hydrogen (secondary N) is 1. The average Bonchev–Trinajstić information content (AvgIpc) is 2.72. The van der Waals surface area contributed by atoms with Gasteiger partial charge in [0, 0.05) is 29.9 Å². The Kier molecular flexibility index (Phi) is 5.55. The molecule has 0 bridgehead atoms. The van der Waals surface area contributed by atoms with Gasteiger partial charge in [0.15, 0.2) is 6.10 Å². The van der Waals surface area contributed by atoms with Gasteiger partial charge < -0.3 is 10.1 Å². The zero-order valence-corrected chi connectivity index (χ0v) is 15.0. The van der Waals surface area contributed by atoms with Crippen LogP contribution in [0.25, 0.3) is 0 Å². The van der Waals surface area contributed by atoms with Gasteiger partial charge in [-0.15, -0.1) is 0 Å². The number of nitrogens with zero attached hydrogens (tertiary/aromatic N) is 2. The van der Waals surface area contributed by atoms with Crippen molar-refractivity contribution in [3.05, 3.63) is 45.2 Å². The molecule has 0 aliphatic carbocycles. The largest absolute Gasteiger partial charge is 0.479 e. The molecule has 0 aliphatic heterocycles. The first kappa shape index (κ1) is 17.6. The summed E-state index contributed by atoms with van der Waals surface area (Å²) in [6, 6.07) is 4.88. The molecule has 0 fully saturated rings. The van der Waals surface area contributed by atoms with Crippen molar-refractivity contribution >= 4 is 29.1 Å². The van der Waals surface area contributed by atoms with E-state index in [1.54, 1.807) is 29.8 Å². The Morgan fingerprint density at radius 3 is 2.65 bits per heavy atom. The van der Waals surface area contributed by atoms with Crippen molar-refractivity contribution < 1.29 is 9.53 Å². The fraction of sp³-hybridized carbons (Fsp3) is 0.375. The van der Waals surface area contributed by atoms with Gasteiger partial charge in [0.2, 0.25) is 0 Å². The van der Waals surface area contributed by atoms with E-state index in [2.05, 4.69) is 10.4 Å². The van der Waals surface area contributed by atoms with E-state index in [0.717, 1.165) is 17.0 Å². The highest BCUT2D eigenvalue weighted by Crippen LogP contribution is 2.28. The Balaban J connectivity index is 1.97. The van der Waals surface area contributed by atoms with E-state index < -0.39 is 6.10 Å². The fourth-order valence-electron chi connectivity index (χ4n) is 2.21. The molecule has 1 aromatic heterocycles. The summed E-state index contributed by atoms with van der Waals surface area (Å²) < 4.78 is 7.39. The van der Waals surface area contributed by atoms with Crippen molar-refractivity contribution in [2.24, 2.45) is 7.05 Å². The number of hydrogen-bond acceptors (Lipinski definition) is 3. The normalized spacial score (nSPS) is 12.1. The number of carbonyl (C=O) groups excluding carboxylic acids is 1. The van der Waals surface area contributed by atoms with E-state index >= 15 is 0 Å². The third kappa shape index (κ3) is 4.18. The van der Waals surface area contributed by atoms with Gasteiger partial charge in [0.1, 0.15) is 5.75 Å². The van der Waals surface area contributed by atoms with Crippen molar-refractivity contribution in [1.29, 1.82) is 0 Å². The Bertz CT molecular complexity index is 728. The van der Waals surface area contributed by atoms with E-state index in [9.17, 15) is 4.79 Å². The summed E-state index contributed by atoms with van der Waals surface area (Å²) in [5.41, 5.74) is 2.94. The Hall–Kier alpha value is -1.72. The molecule has 1 heterocycles. The molecule has 1 atom stereocenters. The van der Waals surface area contributed by atoms with E-state index in [0.29, 0.717) is 22.3 Å². The maximum atomic E-state index is 12.2. The van der Waals surface area contributed by atoms with Crippen LogP contribution < -0.4 is 10.1 Å². The van der Waals surface area contributed by atoms with Crippen LogP contribution in [0.4, 0.5) is 0 Å². The third-order valence-electron chi connectivity index (χ3n) is 3.67. The minimum Gasteiger partial charge on any atom is -0.479 e. The van der Waals surface area contributed by atoms with Gasteiger partial charge in [-0.1, -0.05) is 23.2 Å². The quantitative estimate of drug-likeness (QED) is 0.893. The molecule has 0 saturated heterocycles. The van der Waals surface area contributed by atoms with Gasteiger partial charge in [-0.3, -0.25) is 9.48 Å². The topological polar surface area (TPSA) is 56.2 Å². The summed E-state index contributed by atoms with van der Waals surface area (Å²) in [5.74, 6) is 0.200. The summed E-state index contributed by atoms with van der Waals surface area (Å²) >= 11 is 11.9. The zero-order chi connectivity index (χ0) is 17.1. The molecule has 2 aromatic rings. The molecule has 5 nitrogen and oxygen atoms in total. The van der Waals surface area contributed by atoms with Crippen molar-refractivity contribution in [3.63, 3.8) is 0 Å². The van der Waals surface area contributed by atoms with E-state index in [1.165, 1.54) is 0 Å². The van der Waals surface area contributed by atoms with E-state index in [1.807, 2.05) is 20.9 Å². The Morgan fingerprint density at radius 2 is 2.09 bits per heavy atom. The molecular formula is C16H19Cl2N3O2. The van der Waals surface area contributed by atoms with Gasteiger partial charge in [-0.2, -0.15) is 5.10 Å². The van der Waals surface area contributed by atoms with Crippen LogP contribution in [0.15, 0.2) is 18.2 Å². The fourth-order valence-corrected chi connectivity index (χ4v) is 2.66. The Labute approximate surface area is 145 Å². The predicted molar refractivity (Wildman–Crippen MR) is 91.1 cm³/mol. The van der Waals surface area contributed by atoms with Crippen LogP contribution in [0.3, 0.4) is 0 Å². The zero-order valence-electron chi connectivity index (χ0n) is 13.5. The van der Waals surface area contributed by atoms with Gasteiger partial charge in [0.25, 0.3) is 5.91 Å². The summed E-state index contributed by atoms with van der Waals surface area (Å²) in [5, 5.41) is 8.07. The summed E-state index contributed by atoms with van der Waals surface area (Å²) in [7, 11) is 1.88.